The van der Waals surface area contributed by atoms with Crippen molar-refractivity contribution in [3.05, 3.63) is 9.34 Å². The van der Waals surface area contributed by atoms with E-state index in [4.69, 9.17) is 9.47 Å². The van der Waals surface area contributed by atoms with Crippen LogP contribution in [0.3, 0.4) is 0 Å². The SMILES string of the molecule is C1NCC2(CC/C(=C3/C[I-]3)O2)O1. The molecule has 0 amide bonds. The molecule has 1 spiro atoms. The third-order valence-corrected chi connectivity index (χ3v) is 4.57. The average Bonchev–Trinajstić information content (AvgIpc) is 2.72. The molecule has 3 saturated heterocycles. The normalized spacial score (nSPS) is 46.0. The number of halogens is 1. The van der Waals surface area contributed by atoms with Gasteiger partial charge in [0.15, 0.2) is 0 Å². The van der Waals surface area contributed by atoms with Gasteiger partial charge in [0.2, 0.25) is 0 Å². The maximum atomic E-state index is 5.86. The van der Waals surface area contributed by atoms with E-state index in [-0.39, 0.29) is 5.79 Å². The zero-order valence-corrected chi connectivity index (χ0v) is 8.89. The number of rotatable bonds is 0. The van der Waals surface area contributed by atoms with Crippen LogP contribution in [0.4, 0.5) is 0 Å². The molecule has 1 unspecified atom stereocenters. The van der Waals surface area contributed by atoms with Crippen LogP contribution in [0.1, 0.15) is 12.8 Å². The second-order valence-electron chi connectivity index (χ2n) is 3.32. The van der Waals surface area contributed by atoms with E-state index in [9.17, 15) is 0 Å². The Morgan fingerprint density at radius 1 is 1.50 bits per heavy atom. The van der Waals surface area contributed by atoms with Crippen molar-refractivity contribution in [3.8, 4) is 0 Å². The van der Waals surface area contributed by atoms with Crippen molar-refractivity contribution in [1.82, 2.24) is 5.32 Å². The average molecular weight is 280 g/mol. The molecule has 0 aromatic carbocycles. The quantitative estimate of drug-likeness (QED) is 0.389. The molecular formula is C8H11INO2-. The number of alkyl halides is 1. The van der Waals surface area contributed by atoms with Crippen LogP contribution in [0.25, 0.3) is 0 Å². The van der Waals surface area contributed by atoms with Gasteiger partial charge in [-0.2, -0.15) is 0 Å². The molecule has 3 fully saturated rings. The van der Waals surface area contributed by atoms with Crippen LogP contribution in [-0.2, 0) is 9.47 Å². The molecule has 0 radical (unpaired) electrons. The maximum absolute atomic E-state index is 5.86. The van der Waals surface area contributed by atoms with E-state index < -0.39 is 0 Å². The number of nitrogens with one attached hydrogen (secondary N) is 1. The van der Waals surface area contributed by atoms with Crippen molar-refractivity contribution in [2.24, 2.45) is 0 Å². The first-order valence-electron chi connectivity index (χ1n) is 4.23. The van der Waals surface area contributed by atoms with Gasteiger partial charge in [-0.05, 0) is 0 Å². The predicted octanol–water partition coefficient (Wildman–Crippen LogP) is -2.62. The Morgan fingerprint density at radius 3 is 3.08 bits per heavy atom. The van der Waals surface area contributed by atoms with Crippen LogP contribution < -0.4 is 26.5 Å². The topological polar surface area (TPSA) is 30.5 Å². The van der Waals surface area contributed by atoms with E-state index in [1.165, 1.54) is 10.2 Å². The van der Waals surface area contributed by atoms with Gasteiger partial charge in [-0.3, -0.25) is 0 Å². The fourth-order valence-corrected chi connectivity index (χ4v) is 3.13. The minimum atomic E-state index is -0.269. The molecule has 0 aliphatic carbocycles. The van der Waals surface area contributed by atoms with Crippen LogP contribution >= 0.6 is 0 Å². The van der Waals surface area contributed by atoms with Crippen LogP contribution in [-0.4, -0.2) is 23.5 Å². The number of ether oxygens (including phenoxy) is 2. The van der Waals surface area contributed by atoms with E-state index in [1.807, 2.05) is 0 Å². The Hall–Kier alpha value is 0.190. The molecule has 3 aliphatic rings. The fraction of sp³-hybridized carbons (Fsp3) is 0.750. The third kappa shape index (κ3) is 1.16. The first-order chi connectivity index (χ1) is 5.88. The molecule has 1 atom stereocenters. The predicted molar refractivity (Wildman–Crippen MR) is 38.9 cm³/mol. The third-order valence-electron chi connectivity index (χ3n) is 2.44. The van der Waals surface area contributed by atoms with Gasteiger partial charge in [0.25, 0.3) is 0 Å². The van der Waals surface area contributed by atoms with Gasteiger partial charge in [-0.1, -0.05) is 0 Å². The molecule has 3 heterocycles. The van der Waals surface area contributed by atoms with Crippen molar-refractivity contribution in [2.75, 3.05) is 17.7 Å². The molecule has 3 rings (SSSR count). The van der Waals surface area contributed by atoms with Crippen molar-refractivity contribution in [2.45, 2.75) is 18.6 Å². The number of hydrogen-bond acceptors (Lipinski definition) is 3. The molecule has 0 aromatic rings. The van der Waals surface area contributed by atoms with E-state index in [0.29, 0.717) is 27.9 Å². The monoisotopic (exact) mass is 280 g/mol. The second-order valence-corrected chi connectivity index (χ2v) is 6.15. The van der Waals surface area contributed by atoms with Crippen LogP contribution in [0.15, 0.2) is 9.34 Å². The summed E-state index contributed by atoms with van der Waals surface area (Å²) in [5.41, 5.74) is 0. The Labute approximate surface area is 81.7 Å². The van der Waals surface area contributed by atoms with E-state index in [1.54, 1.807) is 3.58 Å². The van der Waals surface area contributed by atoms with Crippen LogP contribution in [0.5, 0.6) is 0 Å². The summed E-state index contributed by atoms with van der Waals surface area (Å²) in [6, 6.07) is 0. The number of allylic oxidation sites excluding steroid dienone is 2. The summed E-state index contributed by atoms with van der Waals surface area (Å²) in [5.74, 6) is 1.00. The summed E-state index contributed by atoms with van der Waals surface area (Å²) in [5, 5.41) is 3.17. The summed E-state index contributed by atoms with van der Waals surface area (Å²) < 4.78 is 14.4. The Balaban J connectivity index is 1.80. The van der Waals surface area contributed by atoms with Crippen molar-refractivity contribution >= 4 is 0 Å². The van der Waals surface area contributed by atoms with E-state index in [0.717, 1.165) is 19.4 Å². The zero-order chi connectivity index (χ0) is 8.02. The summed E-state index contributed by atoms with van der Waals surface area (Å²) >= 11 is 0.407. The Morgan fingerprint density at radius 2 is 2.42 bits per heavy atom. The van der Waals surface area contributed by atoms with Gasteiger partial charge in [-0.25, -0.2) is 0 Å². The Bertz CT molecular complexity index is 239. The molecule has 0 bridgehead atoms. The molecule has 1 N–H and O–H groups in total. The van der Waals surface area contributed by atoms with Gasteiger partial charge in [-0.15, -0.1) is 0 Å². The van der Waals surface area contributed by atoms with Crippen molar-refractivity contribution in [3.63, 3.8) is 0 Å². The van der Waals surface area contributed by atoms with E-state index >= 15 is 0 Å². The van der Waals surface area contributed by atoms with Crippen LogP contribution in [0.2, 0.25) is 0 Å². The van der Waals surface area contributed by atoms with E-state index in [2.05, 4.69) is 5.32 Å². The van der Waals surface area contributed by atoms with Crippen molar-refractivity contribution in [1.29, 1.82) is 0 Å². The van der Waals surface area contributed by atoms with Gasteiger partial charge < -0.3 is 0 Å². The zero-order valence-electron chi connectivity index (χ0n) is 6.73. The summed E-state index contributed by atoms with van der Waals surface area (Å²) in [6.07, 6.45) is 2.15. The van der Waals surface area contributed by atoms with Crippen LogP contribution in [0, 0.1) is 0 Å². The molecule has 68 valence electrons. The van der Waals surface area contributed by atoms with Gasteiger partial charge in [0.1, 0.15) is 0 Å². The molecular weight excluding hydrogens is 269 g/mol. The van der Waals surface area contributed by atoms with Gasteiger partial charge in [0.05, 0.1) is 0 Å². The minimum absolute atomic E-state index is 0.269. The fourth-order valence-electron chi connectivity index (χ4n) is 1.71. The summed E-state index contributed by atoms with van der Waals surface area (Å²) in [7, 11) is 0. The summed E-state index contributed by atoms with van der Waals surface area (Å²) in [4.78, 5) is 0. The van der Waals surface area contributed by atoms with Gasteiger partial charge >= 0.3 is 81.7 Å². The Kier molecular flexibility index (Phi) is 1.63. The first-order valence-corrected chi connectivity index (χ1v) is 6.83. The molecule has 0 aromatic heterocycles. The molecule has 3 nitrogen and oxygen atoms in total. The first kappa shape index (κ1) is 7.58. The number of hydrogen-bond donors (Lipinski definition) is 1. The summed E-state index contributed by atoms with van der Waals surface area (Å²) in [6.45, 7) is 1.51. The van der Waals surface area contributed by atoms with Gasteiger partial charge in [0, 0.05) is 0 Å². The molecule has 3 aliphatic heterocycles. The second kappa shape index (κ2) is 2.59. The molecule has 4 heteroatoms. The standard InChI is InChI=1S/C8H11INO2/c1-2-8(4-10-5-11-8)12-7(1)6-3-9-6/h10H,1-5H2/q-1/b7-6+. The molecule has 0 saturated carbocycles. The van der Waals surface area contributed by atoms with Crippen molar-refractivity contribution < 1.29 is 30.7 Å². The molecule has 12 heavy (non-hydrogen) atoms.